The first-order valence-electron chi connectivity index (χ1n) is 5.93. The van der Waals surface area contributed by atoms with Gasteiger partial charge < -0.3 is 15.4 Å². The van der Waals surface area contributed by atoms with Gasteiger partial charge in [-0.15, -0.1) is 0 Å². The topological polar surface area (TPSA) is 104 Å². The molecule has 0 bridgehead atoms. The van der Waals surface area contributed by atoms with Gasteiger partial charge in [-0.1, -0.05) is 6.07 Å². The first-order chi connectivity index (χ1) is 9.72. The van der Waals surface area contributed by atoms with Crippen LogP contribution in [-0.2, 0) is 4.79 Å². The number of anilines is 1. The highest BCUT2D eigenvalue weighted by molar-refractivity contribution is 5.81. The fraction of sp³-hybridized carbons (Fsp3) is 0.0769. The Labute approximate surface area is 113 Å². The van der Waals surface area contributed by atoms with Crippen molar-refractivity contribution in [2.45, 2.75) is 0 Å². The van der Waals surface area contributed by atoms with Crippen LogP contribution in [0.5, 0.6) is 0 Å². The Balaban J connectivity index is 1.84. The van der Waals surface area contributed by atoms with Crippen molar-refractivity contribution in [2.24, 2.45) is 0 Å². The lowest BCUT2D eigenvalue weighted by molar-refractivity contribution is -0.134. The number of carboxylic acid groups (broad SMARTS) is 1. The Morgan fingerprint density at radius 2 is 2.00 bits per heavy atom. The number of nitrogens with zero attached hydrogens (tertiary/aromatic N) is 3. The molecule has 2 aromatic heterocycles. The molecule has 0 fully saturated rings. The zero-order chi connectivity index (χ0) is 13.9. The highest BCUT2D eigenvalue weighted by atomic mass is 16.4. The average Bonchev–Trinajstić information content (AvgIpc) is 2.93. The standard InChI is InChI=1S/C13H11N5O2/c19-12(20)6-16-13-14-4-9(5-15-13)8-1-2-10-11(3-8)18-7-17-10/h1-5,7H,6H2,(H,17,18)(H,19,20)(H,14,15,16). The number of carboxylic acids is 1. The van der Waals surface area contributed by atoms with Gasteiger partial charge in [0.2, 0.25) is 5.95 Å². The van der Waals surface area contributed by atoms with Gasteiger partial charge >= 0.3 is 5.97 Å². The van der Waals surface area contributed by atoms with Gasteiger partial charge in [-0.05, 0) is 17.7 Å². The molecular formula is C13H11N5O2. The molecule has 0 aliphatic carbocycles. The van der Waals surface area contributed by atoms with E-state index in [-0.39, 0.29) is 6.54 Å². The Kier molecular flexibility index (Phi) is 3.00. The van der Waals surface area contributed by atoms with Crippen LogP contribution in [-0.4, -0.2) is 37.6 Å². The van der Waals surface area contributed by atoms with Crippen molar-refractivity contribution in [2.75, 3.05) is 11.9 Å². The Morgan fingerprint density at radius 1 is 1.20 bits per heavy atom. The van der Waals surface area contributed by atoms with E-state index < -0.39 is 5.97 Å². The number of benzene rings is 1. The van der Waals surface area contributed by atoms with Gasteiger partial charge in [0.25, 0.3) is 0 Å². The molecule has 0 saturated carbocycles. The number of imidazole rings is 1. The van der Waals surface area contributed by atoms with Crippen LogP contribution in [0.2, 0.25) is 0 Å². The van der Waals surface area contributed by atoms with Crippen molar-refractivity contribution in [1.82, 2.24) is 19.9 Å². The zero-order valence-electron chi connectivity index (χ0n) is 10.4. The summed E-state index contributed by atoms with van der Waals surface area (Å²) >= 11 is 0. The Morgan fingerprint density at radius 3 is 2.75 bits per heavy atom. The first kappa shape index (κ1) is 12.1. The second-order valence-electron chi connectivity index (χ2n) is 4.18. The maximum Gasteiger partial charge on any atom is 0.322 e. The molecule has 0 aliphatic rings. The van der Waals surface area contributed by atoms with Gasteiger partial charge in [-0.3, -0.25) is 4.79 Å². The van der Waals surface area contributed by atoms with Crippen LogP contribution in [0.15, 0.2) is 36.9 Å². The third-order valence-electron chi connectivity index (χ3n) is 2.80. The summed E-state index contributed by atoms with van der Waals surface area (Å²) in [5.74, 6) is -0.666. The molecular weight excluding hydrogens is 258 g/mol. The number of aromatic nitrogens is 4. The minimum Gasteiger partial charge on any atom is -0.480 e. The second kappa shape index (κ2) is 4.96. The molecule has 2 heterocycles. The van der Waals surface area contributed by atoms with Gasteiger partial charge in [0.1, 0.15) is 6.54 Å². The Bertz CT molecular complexity index is 751. The predicted octanol–water partition coefficient (Wildman–Crippen LogP) is 1.52. The summed E-state index contributed by atoms with van der Waals surface area (Å²) in [7, 11) is 0. The molecule has 0 saturated heterocycles. The molecule has 100 valence electrons. The minimum atomic E-state index is -0.956. The van der Waals surface area contributed by atoms with Crippen molar-refractivity contribution in [1.29, 1.82) is 0 Å². The van der Waals surface area contributed by atoms with E-state index in [0.29, 0.717) is 5.95 Å². The van der Waals surface area contributed by atoms with Crippen molar-refractivity contribution < 1.29 is 9.90 Å². The maximum absolute atomic E-state index is 10.4. The lowest BCUT2D eigenvalue weighted by atomic mass is 10.1. The van der Waals surface area contributed by atoms with Gasteiger partial charge in [-0.25, -0.2) is 15.0 Å². The van der Waals surface area contributed by atoms with Crippen LogP contribution < -0.4 is 5.32 Å². The first-order valence-corrected chi connectivity index (χ1v) is 5.93. The van der Waals surface area contributed by atoms with Gasteiger partial charge in [-0.2, -0.15) is 0 Å². The van der Waals surface area contributed by atoms with Crippen molar-refractivity contribution in [3.05, 3.63) is 36.9 Å². The summed E-state index contributed by atoms with van der Waals surface area (Å²) in [4.78, 5) is 25.8. The number of aromatic amines is 1. The third kappa shape index (κ3) is 2.41. The number of hydrogen-bond acceptors (Lipinski definition) is 5. The number of carbonyl (C=O) groups is 1. The monoisotopic (exact) mass is 269 g/mol. The Hall–Kier alpha value is -2.96. The van der Waals surface area contributed by atoms with Gasteiger partial charge in [0.15, 0.2) is 0 Å². The molecule has 0 amide bonds. The zero-order valence-corrected chi connectivity index (χ0v) is 10.4. The summed E-state index contributed by atoms with van der Waals surface area (Å²) in [6, 6.07) is 5.81. The fourth-order valence-electron chi connectivity index (χ4n) is 1.84. The summed E-state index contributed by atoms with van der Waals surface area (Å²) in [5, 5.41) is 11.2. The molecule has 0 unspecified atom stereocenters. The van der Waals surface area contributed by atoms with E-state index in [1.165, 1.54) is 0 Å². The van der Waals surface area contributed by atoms with Crippen molar-refractivity contribution in [3.8, 4) is 11.1 Å². The third-order valence-corrected chi connectivity index (χ3v) is 2.80. The molecule has 0 radical (unpaired) electrons. The lowest BCUT2D eigenvalue weighted by Gasteiger charge is -2.04. The minimum absolute atomic E-state index is 0.209. The molecule has 7 heteroatoms. The van der Waals surface area contributed by atoms with Crippen LogP contribution in [0.1, 0.15) is 0 Å². The van der Waals surface area contributed by atoms with E-state index in [1.807, 2.05) is 18.2 Å². The molecule has 1 aromatic carbocycles. The predicted molar refractivity (Wildman–Crippen MR) is 73.2 cm³/mol. The van der Waals surface area contributed by atoms with Crippen LogP contribution in [0, 0.1) is 0 Å². The van der Waals surface area contributed by atoms with E-state index in [0.717, 1.165) is 22.2 Å². The number of aliphatic carboxylic acids is 1. The summed E-state index contributed by atoms with van der Waals surface area (Å²) in [6.07, 6.45) is 4.94. The number of fused-ring (bicyclic) bond motifs is 1. The molecule has 0 spiro atoms. The second-order valence-corrected chi connectivity index (χ2v) is 4.18. The number of rotatable bonds is 4. The average molecular weight is 269 g/mol. The van der Waals surface area contributed by atoms with Crippen LogP contribution in [0.25, 0.3) is 22.2 Å². The molecule has 3 rings (SSSR count). The normalized spacial score (nSPS) is 10.6. The SMILES string of the molecule is O=C(O)CNc1ncc(-c2ccc3nc[nH]c3c2)cn1. The van der Waals surface area contributed by atoms with Crippen molar-refractivity contribution in [3.63, 3.8) is 0 Å². The van der Waals surface area contributed by atoms with Crippen LogP contribution in [0.3, 0.4) is 0 Å². The number of nitrogens with one attached hydrogen (secondary N) is 2. The van der Waals surface area contributed by atoms with E-state index in [2.05, 4.69) is 25.3 Å². The van der Waals surface area contributed by atoms with Crippen LogP contribution >= 0.6 is 0 Å². The maximum atomic E-state index is 10.4. The summed E-state index contributed by atoms with van der Waals surface area (Å²) in [6.45, 7) is -0.209. The molecule has 0 aliphatic heterocycles. The van der Waals surface area contributed by atoms with E-state index in [1.54, 1.807) is 18.7 Å². The number of H-pyrrole nitrogens is 1. The number of hydrogen-bond donors (Lipinski definition) is 3. The molecule has 20 heavy (non-hydrogen) atoms. The lowest BCUT2D eigenvalue weighted by Crippen LogP contribution is -2.14. The molecule has 3 aromatic rings. The smallest absolute Gasteiger partial charge is 0.322 e. The quantitative estimate of drug-likeness (QED) is 0.663. The molecule has 0 atom stereocenters. The van der Waals surface area contributed by atoms with Crippen LogP contribution in [0.4, 0.5) is 5.95 Å². The van der Waals surface area contributed by atoms with Crippen molar-refractivity contribution >= 4 is 23.0 Å². The van der Waals surface area contributed by atoms with E-state index in [9.17, 15) is 4.79 Å². The van der Waals surface area contributed by atoms with Gasteiger partial charge in [0.05, 0.1) is 17.4 Å². The van der Waals surface area contributed by atoms with Gasteiger partial charge in [0, 0.05) is 18.0 Å². The largest absolute Gasteiger partial charge is 0.480 e. The summed E-state index contributed by atoms with van der Waals surface area (Å²) in [5.41, 5.74) is 3.65. The summed E-state index contributed by atoms with van der Waals surface area (Å²) < 4.78 is 0. The fourth-order valence-corrected chi connectivity index (χ4v) is 1.84. The van der Waals surface area contributed by atoms with E-state index in [4.69, 9.17) is 5.11 Å². The molecule has 7 nitrogen and oxygen atoms in total. The van der Waals surface area contributed by atoms with E-state index >= 15 is 0 Å². The molecule has 3 N–H and O–H groups in total. The highest BCUT2D eigenvalue weighted by Gasteiger charge is 2.04. The highest BCUT2D eigenvalue weighted by Crippen LogP contribution is 2.21.